The first-order chi connectivity index (χ1) is 12.8. The number of amides is 3. The number of urea groups is 1. The van der Waals surface area contributed by atoms with Gasteiger partial charge in [-0.3, -0.25) is 10.1 Å². The van der Waals surface area contributed by atoms with Gasteiger partial charge in [0.15, 0.2) is 6.10 Å². The molecule has 27 heavy (non-hydrogen) atoms. The number of imide groups is 1. The molecule has 1 fully saturated rings. The fraction of sp³-hybridized carbons (Fsp3) is 0.526. The number of nitrogens with one attached hydrogen (secondary N) is 2. The molecular formula is C19H26N2O6. The van der Waals surface area contributed by atoms with Crippen LogP contribution in [0, 0.1) is 0 Å². The molecule has 8 nitrogen and oxygen atoms in total. The molecule has 1 aliphatic heterocycles. The van der Waals surface area contributed by atoms with Gasteiger partial charge in [-0.2, -0.15) is 0 Å². The lowest BCUT2D eigenvalue weighted by molar-refractivity contribution is -0.127. The number of hydrogen-bond acceptors (Lipinski definition) is 6. The van der Waals surface area contributed by atoms with Crippen molar-refractivity contribution in [1.82, 2.24) is 10.6 Å². The Hall–Kier alpha value is -2.61. The molecule has 1 aliphatic rings. The first-order valence-electron chi connectivity index (χ1n) is 9.02. The Morgan fingerprint density at radius 2 is 1.89 bits per heavy atom. The zero-order valence-electron chi connectivity index (χ0n) is 15.8. The number of carbonyl (C=O) groups is 3. The Labute approximate surface area is 158 Å². The summed E-state index contributed by atoms with van der Waals surface area (Å²) in [5.74, 6) is -0.733. The summed E-state index contributed by atoms with van der Waals surface area (Å²) in [6.07, 6.45) is 1.04. The minimum absolute atomic E-state index is 0.113. The topological polar surface area (TPSA) is 103 Å². The number of carbonyl (C=O) groups excluding carboxylic acids is 3. The first-order valence-corrected chi connectivity index (χ1v) is 9.02. The third-order valence-electron chi connectivity index (χ3n) is 3.86. The van der Waals surface area contributed by atoms with Crippen LogP contribution >= 0.6 is 0 Å². The molecule has 1 aromatic rings. The van der Waals surface area contributed by atoms with Gasteiger partial charge in [0.05, 0.1) is 11.7 Å². The van der Waals surface area contributed by atoms with Crippen molar-refractivity contribution in [2.75, 3.05) is 13.2 Å². The monoisotopic (exact) mass is 378 g/mol. The minimum Gasteiger partial charge on any atom is -0.491 e. The fourth-order valence-corrected chi connectivity index (χ4v) is 2.45. The lowest BCUT2D eigenvalue weighted by Crippen LogP contribution is -2.46. The zero-order chi connectivity index (χ0) is 19.8. The van der Waals surface area contributed by atoms with Crippen LogP contribution < -0.4 is 15.4 Å². The third kappa shape index (κ3) is 6.90. The number of ether oxygens (including phenoxy) is 3. The zero-order valence-corrected chi connectivity index (χ0v) is 15.8. The van der Waals surface area contributed by atoms with Crippen LogP contribution in [0.5, 0.6) is 5.75 Å². The highest BCUT2D eigenvalue weighted by molar-refractivity contribution is 5.98. The summed E-state index contributed by atoms with van der Waals surface area (Å²) in [5, 5.41) is 4.64. The van der Waals surface area contributed by atoms with Gasteiger partial charge in [-0.15, -0.1) is 0 Å². The maximum Gasteiger partial charge on any atom is 0.338 e. The van der Waals surface area contributed by atoms with Gasteiger partial charge in [0, 0.05) is 12.6 Å². The smallest absolute Gasteiger partial charge is 0.338 e. The van der Waals surface area contributed by atoms with E-state index in [-0.39, 0.29) is 17.7 Å². The van der Waals surface area contributed by atoms with E-state index < -0.39 is 24.0 Å². The summed E-state index contributed by atoms with van der Waals surface area (Å²) in [7, 11) is 0. The Bertz CT molecular complexity index is 653. The predicted octanol–water partition coefficient (Wildman–Crippen LogP) is 2.02. The van der Waals surface area contributed by atoms with Crippen molar-refractivity contribution in [2.24, 2.45) is 0 Å². The second-order valence-corrected chi connectivity index (χ2v) is 6.64. The molecule has 2 rings (SSSR count). The standard InChI is InChI=1S/C19H26N2O6/c1-12(2)20-19(24)21-17(22)13(3)27-18(23)14-6-8-15(9-7-14)26-11-16-5-4-10-25-16/h6-9,12-13,16H,4-5,10-11H2,1-3H3,(H2,20,21,22,24)/t13-,16-/m1/s1. The van der Waals surface area contributed by atoms with Crippen LogP contribution in [-0.2, 0) is 14.3 Å². The number of benzene rings is 1. The minimum atomic E-state index is -1.11. The van der Waals surface area contributed by atoms with Gasteiger partial charge < -0.3 is 19.5 Å². The van der Waals surface area contributed by atoms with Gasteiger partial charge in [0.25, 0.3) is 5.91 Å². The molecule has 8 heteroatoms. The fourth-order valence-electron chi connectivity index (χ4n) is 2.45. The molecule has 3 amide bonds. The lowest BCUT2D eigenvalue weighted by atomic mass is 10.2. The van der Waals surface area contributed by atoms with Gasteiger partial charge >= 0.3 is 12.0 Å². The van der Waals surface area contributed by atoms with Crippen LogP contribution in [0.15, 0.2) is 24.3 Å². The average Bonchev–Trinajstić information content (AvgIpc) is 3.13. The van der Waals surface area contributed by atoms with Gasteiger partial charge in [0.1, 0.15) is 12.4 Å². The summed E-state index contributed by atoms with van der Waals surface area (Å²) < 4.78 is 16.2. The highest BCUT2D eigenvalue weighted by atomic mass is 16.5. The van der Waals surface area contributed by atoms with Crippen molar-refractivity contribution < 1.29 is 28.6 Å². The normalized spacial score (nSPS) is 17.3. The summed E-state index contributed by atoms with van der Waals surface area (Å²) in [6, 6.07) is 5.69. The van der Waals surface area contributed by atoms with E-state index in [1.807, 2.05) is 0 Å². The van der Waals surface area contributed by atoms with E-state index in [1.54, 1.807) is 38.1 Å². The molecule has 0 saturated carbocycles. The SMILES string of the molecule is CC(C)NC(=O)NC(=O)[C@@H](C)OC(=O)c1ccc(OC[C@H]2CCCO2)cc1. The molecule has 0 bridgehead atoms. The number of esters is 1. The highest BCUT2D eigenvalue weighted by Gasteiger charge is 2.21. The molecule has 1 aromatic carbocycles. The van der Waals surface area contributed by atoms with Crippen molar-refractivity contribution in [1.29, 1.82) is 0 Å². The van der Waals surface area contributed by atoms with Crippen LogP contribution in [0.1, 0.15) is 44.0 Å². The molecular weight excluding hydrogens is 352 g/mol. The van der Waals surface area contributed by atoms with Gasteiger partial charge in [-0.25, -0.2) is 9.59 Å². The van der Waals surface area contributed by atoms with E-state index in [1.165, 1.54) is 6.92 Å². The summed E-state index contributed by atoms with van der Waals surface area (Å²) in [4.78, 5) is 35.5. The van der Waals surface area contributed by atoms with Gasteiger partial charge in [0.2, 0.25) is 0 Å². The Balaban J connectivity index is 1.80. The molecule has 0 aliphatic carbocycles. The molecule has 1 saturated heterocycles. The molecule has 0 unspecified atom stereocenters. The summed E-state index contributed by atoms with van der Waals surface area (Å²) >= 11 is 0. The molecule has 0 aromatic heterocycles. The van der Waals surface area contributed by atoms with Crippen molar-refractivity contribution in [2.45, 2.75) is 51.9 Å². The Kier molecular flexibility index (Phi) is 7.60. The van der Waals surface area contributed by atoms with Crippen LogP contribution in [0.3, 0.4) is 0 Å². The molecule has 0 spiro atoms. The second-order valence-electron chi connectivity index (χ2n) is 6.64. The van der Waals surface area contributed by atoms with Crippen molar-refractivity contribution in [3.05, 3.63) is 29.8 Å². The van der Waals surface area contributed by atoms with Crippen molar-refractivity contribution in [3.63, 3.8) is 0 Å². The van der Waals surface area contributed by atoms with Crippen LogP contribution in [0.2, 0.25) is 0 Å². The van der Waals surface area contributed by atoms with Gasteiger partial charge in [-0.05, 0) is 57.9 Å². The van der Waals surface area contributed by atoms with E-state index in [4.69, 9.17) is 14.2 Å². The van der Waals surface area contributed by atoms with Crippen LogP contribution in [0.25, 0.3) is 0 Å². The Morgan fingerprint density at radius 3 is 2.48 bits per heavy atom. The first kappa shape index (κ1) is 20.7. The number of rotatable bonds is 7. The largest absolute Gasteiger partial charge is 0.491 e. The van der Waals surface area contributed by atoms with E-state index in [0.717, 1.165) is 19.4 Å². The van der Waals surface area contributed by atoms with Gasteiger partial charge in [-0.1, -0.05) is 0 Å². The molecule has 0 radical (unpaired) electrons. The summed E-state index contributed by atoms with van der Waals surface area (Å²) in [5.41, 5.74) is 0.283. The number of hydrogen-bond donors (Lipinski definition) is 2. The van der Waals surface area contributed by atoms with Crippen LogP contribution in [0.4, 0.5) is 4.79 Å². The van der Waals surface area contributed by atoms with Crippen molar-refractivity contribution in [3.8, 4) is 5.75 Å². The maximum atomic E-state index is 12.1. The summed E-state index contributed by atoms with van der Waals surface area (Å²) in [6.45, 7) is 6.17. The predicted molar refractivity (Wildman–Crippen MR) is 97.6 cm³/mol. The van der Waals surface area contributed by atoms with E-state index in [9.17, 15) is 14.4 Å². The van der Waals surface area contributed by atoms with E-state index in [2.05, 4.69) is 10.6 Å². The highest BCUT2D eigenvalue weighted by Crippen LogP contribution is 2.17. The van der Waals surface area contributed by atoms with E-state index in [0.29, 0.717) is 12.4 Å². The average molecular weight is 378 g/mol. The Morgan fingerprint density at radius 1 is 1.19 bits per heavy atom. The van der Waals surface area contributed by atoms with Crippen molar-refractivity contribution >= 4 is 17.9 Å². The van der Waals surface area contributed by atoms with E-state index >= 15 is 0 Å². The quantitative estimate of drug-likeness (QED) is 0.704. The second kappa shape index (κ2) is 9.91. The maximum absolute atomic E-state index is 12.1. The third-order valence-corrected chi connectivity index (χ3v) is 3.86. The van der Waals surface area contributed by atoms with Crippen LogP contribution in [-0.4, -0.2) is 49.4 Å². The molecule has 2 atom stereocenters. The molecule has 1 heterocycles. The lowest BCUT2D eigenvalue weighted by Gasteiger charge is -2.15. The molecule has 148 valence electrons. The molecule has 2 N–H and O–H groups in total.